The molecule has 0 saturated carbocycles. The van der Waals surface area contributed by atoms with Crippen LogP contribution >= 0.6 is 23.1 Å². The molecule has 2 fully saturated rings. The maximum Gasteiger partial charge on any atom is 0.231 e. The number of piperazine rings is 1. The molecule has 0 atom stereocenters. The summed E-state index contributed by atoms with van der Waals surface area (Å²) in [6.45, 7) is 7.15. The molecule has 2 aliphatic rings. The molecule has 0 aliphatic carbocycles. The second-order valence-electron chi connectivity index (χ2n) is 8.92. The van der Waals surface area contributed by atoms with Crippen molar-refractivity contribution in [3.63, 3.8) is 0 Å². The zero-order valence-electron chi connectivity index (χ0n) is 18.6. The number of para-hydroxylation sites is 1. The van der Waals surface area contributed by atoms with Gasteiger partial charge in [0, 0.05) is 63.1 Å². The summed E-state index contributed by atoms with van der Waals surface area (Å²) in [5.74, 6) is 1.08. The zero-order valence-corrected chi connectivity index (χ0v) is 20.2. The van der Waals surface area contributed by atoms with E-state index in [0.717, 1.165) is 97.6 Å². The topological polar surface area (TPSA) is 89.5 Å². The summed E-state index contributed by atoms with van der Waals surface area (Å²) >= 11 is 8.09. The summed E-state index contributed by atoms with van der Waals surface area (Å²) in [6, 6.07) is 6.05. The highest BCUT2D eigenvalue weighted by atomic mass is 35.5. The average molecular weight is 489 g/mol. The standard InChI is InChI=1S/C23H29ClN6O2S/c24-19-3-1-2-17-18(13-30(22(17)19)12-16-4-10-32-11-5-16)23-26-21(33-27-23)15-29-8-6-28(7-9-29)14-20(25)31/h1-3,13,16H,4-12,14-15H2,(H2,25,31). The Bertz CT molecular complexity index is 1120. The maximum atomic E-state index is 11.1. The summed E-state index contributed by atoms with van der Waals surface area (Å²) in [7, 11) is 0. The number of ether oxygens (including phenoxy) is 1. The average Bonchev–Trinajstić information content (AvgIpc) is 3.41. The molecule has 0 unspecified atom stereocenters. The van der Waals surface area contributed by atoms with Gasteiger partial charge in [-0.2, -0.15) is 4.37 Å². The van der Waals surface area contributed by atoms with E-state index in [-0.39, 0.29) is 5.91 Å². The van der Waals surface area contributed by atoms with Crippen molar-refractivity contribution in [2.24, 2.45) is 11.7 Å². The fraction of sp³-hybridized carbons (Fsp3) is 0.522. The van der Waals surface area contributed by atoms with Crippen LogP contribution in [0.15, 0.2) is 24.4 Å². The number of fused-ring (bicyclic) bond motifs is 1. The van der Waals surface area contributed by atoms with Gasteiger partial charge in [-0.3, -0.25) is 14.6 Å². The highest BCUT2D eigenvalue weighted by Gasteiger charge is 2.22. The van der Waals surface area contributed by atoms with Crippen LogP contribution in [0.2, 0.25) is 5.02 Å². The molecule has 2 saturated heterocycles. The second-order valence-corrected chi connectivity index (χ2v) is 10.2. The van der Waals surface area contributed by atoms with E-state index in [0.29, 0.717) is 12.5 Å². The van der Waals surface area contributed by atoms with Crippen molar-refractivity contribution in [3.05, 3.63) is 34.4 Å². The van der Waals surface area contributed by atoms with Crippen LogP contribution in [0.3, 0.4) is 0 Å². The monoisotopic (exact) mass is 488 g/mol. The SMILES string of the molecule is NC(=O)CN1CCN(Cc2nc(-c3cn(CC4CCOCC4)c4c(Cl)cccc34)ns2)CC1. The number of primary amides is 1. The second kappa shape index (κ2) is 10.1. The van der Waals surface area contributed by atoms with Crippen molar-refractivity contribution in [2.75, 3.05) is 45.9 Å². The first-order chi connectivity index (χ1) is 16.1. The molecule has 176 valence electrons. The summed E-state index contributed by atoms with van der Waals surface area (Å²) in [5.41, 5.74) is 7.41. The van der Waals surface area contributed by atoms with E-state index in [1.54, 1.807) is 0 Å². The number of benzene rings is 1. The lowest BCUT2D eigenvalue weighted by molar-refractivity contribution is -0.119. The lowest BCUT2D eigenvalue weighted by Gasteiger charge is -2.33. The lowest BCUT2D eigenvalue weighted by Crippen LogP contribution is -2.48. The number of hydrogen-bond donors (Lipinski definition) is 1. The third-order valence-electron chi connectivity index (χ3n) is 6.56. The van der Waals surface area contributed by atoms with Crippen LogP contribution < -0.4 is 5.73 Å². The van der Waals surface area contributed by atoms with Crippen molar-refractivity contribution in [1.82, 2.24) is 23.7 Å². The van der Waals surface area contributed by atoms with Gasteiger partial charge < -0.3 is 15.0 Å². The predicted molar refractivity (Wildman–Crippen MR) is 130 cm³/mol. The highest BCUT2D eigenvalue weighted by Crippen LogP contribution is 2.35. The highest BCUT2D eigenvalue weighted by molar-refractivity contribution is 7.05. The Hall–Kier alpha value is -2.04. The Morgan fingerprint density at radius 2 is 1.94 bits per heavy atom. The molecule has 33 heavy (non-hydrogen) atoms. The molecule has 2 aliphatic heterocycles. The molecule has 8 nitrogen and oxygen atoms in total. The lowest BCUT2D eigenvalue weighted by atomic mass is 10.0. The van der Waals surface area contributed by atoms with Crippen LogP contribution in [0.25, 0.3) is 22.3 Å². The van der Waals surface area contributed by atoms with Crippen molar-refractivity contribution in [2.45, 2.75) is 25.9 Å². The van der Waals surface area contributed by atoms with Crippen LogP contribution in [0.4, 0.5) is 0 Å². The van der Waals surface area contributed by atoms with Gasteiger partial charge >= 0.3 is 0 Å². The number of nitrogens with two attached hydrogens (primary N) is 1. The summed E-state index contributed by atoms with van der Waals surface area (Å²) in [5, 5.41) is 2.86. The van der Waals surface area contributed by atoms with Gasteiger partial charge in [-0.1, -0.05) is 23.7 Å². The Morgan fingerprint density at radius 3 is 2.70 bits per heavy atom. The quantitative estimate of drug-likeness (QED) is 0.550. The molecule has 2 N–H and O–H groups in total. The molecular weight excluding hydrogens is 460 g/mol. The first-order valence-corrected chi connectivity index (χ1v) is 12.6. The van der Waals surface area contributed by atoms with Gasteiger partial charge in [-0.15, -0.1) is 0 Å². The normalized spacial score (nSPS) is 18.8. The molecule has 0 spiro atoms. The summed E-state index contributed by atoms with van der Waals surface area (Å²) in [4.78, 5) is 20.5. The van der Waals surface area contributed by atoms with Gasteiger partial charge in [0.05, 0.1) is 23.6 Å². The van der Waals surface area contributed by atoms with Crippen molar-refractivity contribution >= 4 is 39.9 Å². The van der Waals surface area contributed by atoms with Gasteiger partial charge in [0.25, 0.3) is 0 Å². The van der Waals surface area contributed by atoms with Crippen LogP contribution in [0.5, 0.6) is 0 Å². The minimum atomic E-state index is -0.270. The van der Waals surface area contributed by atoms with E-state index in [2.05, 4.69) is 26.6 Å². The molecule has 0 bridgehead atoms. The number of amides is 1. The van der Waals surface area contributed by atoms with Gasteiger partial charge in [-0.25, -0.2) is 4.98 Å². The maximum absolute atomic E-state index is 11.1. The van der Waals surface area contributed by atoms with Crippen LogP contribution in [-0.2, 0) is 22.6 Å². The zero-order chi connectivity index (χ0) is 22.8. The molecule has 0 radical (unpaired) electrons. The molecule has 1 aromatic carbocycles. The fourth-order valence-electron chi connectivity index (χ4n) is 4.79. The number of aromatic nitrogens is 3. The number of nitrogens with zero attached hydrogens (tertiary/aromatic N) is 5. The van der Waals surface area contributed by atoms with Crippen molar-refractivity contribution in [1.29, 1.82) is 0 Å². The number of carbonyl (C=O) groups excluding carboxylic acids is 1. The molecule has 4 heterocycles. The molecule has 5 rings (SSSR count). The van der Waals surface area contributed by atoms with E-state index in [1.807, 2.05) is 12.1 Å². The van der Waals surface area contributed by atoms with Crippen LogP contribution in [-0.4, -0.2) is 75.6 Å². The van der Waals surface area contributed by atoms with Gasteiger partial charge in [-0.05, 0) is 36.4 Å². The Labute approximate surface area is 202 Å². The molecular formula is C23H29ClN6O2S. The number of rotatable bonds is 7. The van der Waals surface area contributed by atoms with Crippen LogP contribution in [0, 0.1) is 5.92 Å². The third kappa shape index (κ3) is 5.22. The first-order valence-electron chi connectivity index (χ1n) is 11.5. The largest absolute Gasteiger partial charge is 0.381 e. The van der Waals surface area contributed by atoms with Gasteiger partial charge in [0.1, 0.15) is 5.01 Å². The predicted octanol–water partition coefficient (Wildman–Crippen LogP) is 2.84. The van der Waals surface area contributed by atoms with Crippen LogP contribution in [0.1, 0.15) is 17.8 Å². The smallest absolute Gasteiger partial charge is 0.231 e. The van der Waals surface area contributed by atoms with E-state index in [9.17, 15) is 4.79 Å². The molecule has 3 aromatic rings. The van der Waals surface area contributed by atoms with Gasteiger partial charge in [0.2, 0.25) is 5.91 Å². The number of carbonyl (C=O) groups is 1. The Balaban J connectivity index is 1.33. The number of halogens is 1. The van der Waals surface area contributed by atoms with E-state index < -0.39 is 0 Å². The molecule has 1 amide bonds. The van der Waals surface area contributed by atoms with Crippen molar-refractivity contribution in [3.8, 4) is 11.4 Å². The van der Waals surface area contributed by atoms with E-state index in [1.165, 1.54) is 11.5 Å². The molecule has 2 aromatic heterocycles. The third-order valence-corrected chi connectivity index (χ3v) is 7.56. The Kier molecular flexibility index (Phi) is 6.94. The van der Waals surface area contributed by atoms with E-state index in [4.69, 9.17) is 31.4 Å². The minimum Gasteiger partial charge on any atom is -0.381 e. The minimum absolute atomic E-state index is 0.270. The first kappa shape index (κ1) is 22.7. The number of hydrogen-bond acceptors (Lipinski definition) is 7. The van der Waals surface area contributed by atoms with Crippen molar-refractivity contribution < 1.29 is 9.53 Å². The fourth-order valence-corrected chi connectivity index (χ4v) is 5.77. The summed E-state index contributed by atoms with van der Waals surface area (Å²) < 4.78 is 12.5. The van der Waals surface area contributed by atoms with E-state index >= 15 is 0 Å². The van der Waals surface area contributed by atoms with Gasteiger partial charge in [0.15, 0.2) is 5.82 Å². The Morgan fingerprint density at radius 1 is 1.18 bits per heavy atom. The summed E-state index contributed by atoms with van der Waals surface area (Å²) in [6.07, 6.45) is 4.32. The molecule has 10 heteroatoms.